The van der Waals surface area contributed by atoms with E-state index in [4.69, 9.17) is 0 Å². The topological polar surface area (TPSA) is 49.2 Å². The molecule has 0 aromatic heterocycles. The van der Waals surface area contributed by atoms with Crippen molar-refractivity contribution in [2.24, 2.45) is 0 Å². The summed E-state index contributed by atoms with van der Waals surface area (Å²) in [6, 6.07) is 7.87. The fraction of sp³-hybridized carbons (Fsp3) is 0.400. The minimum Gasteiger partial charge on any atom is -0.202 e. The zero-order valence-corrected chi connectivity index (χ0v) is 11.1. The maximum Gasteiger partial charge on any atom is 0.279 e. The summed E-state index contributed by atoms with van der Waals surface area (Å²) in [5, 5.41) is 0. The Morgan fingerprint density at radius 2 is 1.88 bits per heavy atom. The van der Waals surface area contributed by atoms with Crippen LogP contribution in [-0.2, 0) is 16.6 Å². The van der Waals surface area contributed by atoms with Gasteiger partial charge < -0.3 is 0 Å². The molecular formula is C10H13BrN2O2S. The summed E-state index contributed by atoms with van der Waals surface area (Å²) >= 11 is 3.35. The average molecular weight is 305 g/mol. The van der Waals surface area contributed by atoms with Crippen molar-refractivity contribution in [3.05, 3.63) is 34.3 Å². The molecule has 0 amide bonds. The minimum atomic E-state index is -3.19. The first-order valence-electron chi connectivity index (χ1n) is 5.07. The van der Waals surface area contributed by atoms with Gasteiger partial charge in [0.2, 0.25) is 0 Å². The Morgan fingerprint density at radius 1 is 1.25 bits per heavy atom. The summed E-state index contributed by atoms with van der Waals surface area (Å²) < 4.78 is 27.9. The van der Waals surface area contributed by atoms with Crippen LogP contribution in [0.25, 0.3) is 0 Å². The summed E-state index contributed by atoms with van der Waals surface area (Å²) in [5.74, 6) is 0. The molecule has 1 heterocycles. The number of hydrogen-bond donors (Lipinski definition) is 1. The summed E-state index contributed by atoms with van der Waals surface area (Å²) in [5.41, 5.74) is 1.12. The van der Waals surface area contributed by atoms with Crippen molar-refractivity contribution < 1.29 is 8.42 Å². The molecule has 0 aliphatic carbocycles. The van der Waals surface area contributed by atoms with Gasteiger partial charge in [0.15, 0.2) is 0 Å². The van der Waals surface area contributed by atoms with E-state index < -0.39 is 10.2 Å². The minimum absolute atomic E-state index is 0.445. The quantitative estimate of drug-likeness (QED) is 0.830. The second kappa shape index (κ2) is 4.83. The third-order valence-corrected chi connectivity index (χ3v) is 4.50. The number of halogens is 1. The van der Waals surface area contributed by atoms with Crippen molar-refractivity contribution in [1.82, 2.24) is 9.03 Å². The molecule has 4 nitrogen and oxygen atoms in total. The molecule has 6 heteroatoms. The van der Waals surface area contributed by atoms with Crippen molar-refractivity contribution >= 4 is 26.1 Å². The van der Waals surface area contributed by atoms with Crippen LogP contribution in [0.1, 0.15) is 5.56 Å². The second-order valence-electron chi connectivity index (χ2n) is 3.67. The molecule has 0 radical (unpaired) electrons. The molecule has 88 valence electrons. The maximum atomic E-state index is 11.4. The lowest BCUT2D eigenvalue weighted by Crippen LogP contribution is -2.31. The van der Waals surface area contributed by atoms with Gasteiger partial charge in [0, 0.05) is 24.1 Å². The molecule has 1 saturated heterocycles. The number of rotatable bonds is 5. The highest BCUT2D eigenvalue weighted by atomic mass is 79.9. The van der Waals surface area contributed by atoms with Crippen LogP contribution in [0.15, 0.2) is 28.7 Å². The van der Waals surface area contributed by atoms with E-state index >= 15 is 0 Å². The van der Waals surface area contributed by atoms with Gasteiger partial charge in [-0.15, -0.1) is 0 Å². The predicted octanol–water partition coefficient (Wildman–Crippen LogP) is 1.14. The number of hydrogen-bond acceptors (Lipinski definition) is 2. The van der Waals surface area contributed by atoms with Crippen LogP contribution in [0.3, 0.4) is 0 Å². The molecule has 16 heavy (non-hydrogen) atoms. The molecule has 2 rings (SSSR count). The molecule has 1 aromatic carbocycles. The largest absolute Gasteiger partial charge is 0.279 e. The standard InChI is InChI=1S/C10H13BrN2O2S/c11-10-3-1-9(2-4-10)5-6-12-16(14,15)13-7-8-13/h1-4,12H,5-8H2. The van der Waals surface area contributed by atoms with E-state index in [-0.39, 0.29) is 0 Å². The normalized spacial score (nSPS) is 16.3. The van der Waals surface area contributed by atoms with Gasteiger partial charge in [0.1, 0.15) is 0 Å². The molecule has 0 atom stereocenters. The van der Waals surface area contributed by atoms with Crippen molar-refractivity contribution in [2.75, 3.05) is 19.6 Å². The van der Waals surface area contributed by atoms with Crippen LogP contribution in [0.4, 0.5) is 0 Å². The lowest BCUT2D eigenvalue weighted by molar-refractivity contribution is 0.547. The molecule has 1 N–H and O–H groups in total. The Bertz CT molecular complexity index is 454. The summed E-state index contributed by atoms with van der Waals surface area (Å²) in [6.45, 7) is 1.74. The van der Waals surface area contributed by atoms with Gasteiger partial charge in [-0.25, -0.2) is 4.72 Å². The number of nitrogens with one attached hydrogen (secondary N) is 1. The van der Waals surface area contributed by atoms with E-state index in [0.29, 0.717) is 26.1 Å². The van der Waals surface area contributed by atoms with Gasteiger partial charge in [-0.1, -0.05) is 28.1 Å². The highest BCUT2D eigenvalue weighted by Crippen LogP contribution is 2.11. The first-order valence-corrected chi connectivity index (χ1v) is 7.30. The SMILES string of the molecule is O=S(=O)(NCCc1ccc(Br)cc1)N1CC1. The molecule has 1 aliphatic heterocycles. The van der Waals surface area contributed by atoms with E-state index in [9.17, 15) is 8.42 Å². The van der Waals surface area contributed by atoms with E-state index in [1.165, 1.54) is 4.31 Å². The van der Waals surface area contributed by atoms with E-state index in [1.807, 2.05) is 24.3 Å². The predicted molar refractivity (Wildman–Crippen MR) is 66.3 cm³/mol. The van der Waals surface area contributed by atoms with E-state index in [1.54, 1.807) is 0 Å². The highest BCUT2D eigenvalue weighted by molar-refractivity contribution is 9.10. The third-order valence-electron chi connectivity index (χ3n) is 2.36. The Labute approximate surface area is 104 Å². The van der Waals surface area contributed by atoms with Gasteiger partial charge in [0.05, 0.1) is 0 Å². The lowest BCUT2D eigenvalue weighted by Gasteiger charge is -2.06. The van der Waals surface area contributed by atoms with Crippen LogP contribution in [0.5, 0.6) is 0 Å². The summed E-state index contributed by atoms with van der Waals surface area (Å²) in [6.07, 6.45) is 0.709. The molecular weight excluding hydrogens is 292 g/mol. The Hall–Kier alpha value is -0.430. The highest BCUT2D eigenvalue weighted by Gasteiger charge is 2.30. The van der Waals surface area contributed by atoms with E-state index in [0.717, 1.165) is 10.0 Å². The Morgan fingerprint density at radius 3 is 2.44 bits per heavy atom. The van der Waals surface area contributed by atoms with Crippen LogP contribution < -0.4 is 4.72 Å². The second-order valence-corrected chi connectivity index (χ2v) is 6.35. The number of nitrogens with zero attached hydrogens (tertiary/aromatic N) is 1. The van der Waals surface area contributed by atoms with Gasteiger partial charge in [-0.3, -0.25) is 0 Å². The van der Waals surface area contributed by atoms with Crippen molar-refractivity contribution in [3.8, 4) is 0 Å². The van der Waals surface area contributed by atoms with Crippen LogP contribution in [0.2, 0.25) is 0 Å². The summed E-state index contributed by atoms with van der Waals surface area (Å²) in [4.78, 5) is 0. The number of benzene rings is 1. The molecule has 1 aromatic rings. The molecule has 0 saturated carbocycles. The zero-order chi connectivity index (χ0) is 11.6. The van der Waals surface area contributed by atoms with Crippen molar-refractivity contribution in [3.63, 3.8) is 0 Å². The monoisotopic (exact) mass is 304 g/mol. The van der Waals surface area contributed by atoms with Crippen LogP contribution in [-0.4, -0.2) is 32.4 Å². The fourth-order valence-electron chi connectivity index (χ4n) is 1.35. The zero-order valence-electron chi connectivity index (χ0n) is 8.69. The van der Waals surface area contributed by atoms with Crippen molar-refractivity contribution in [1.29, 1.82) is 0 Å². The van der Waals surface area contributed by atoms with Crippen LogP contribution in [0, 0.1) is 0 Å². The smallest absolute Gasteiger partial charge is 0.202 e. The molecule has 1 aliphatic rings. The summed E-state index contributed by atoms with van der Waals surface area (Å²) in [7, 11) is -3.19. The lowest BCUT2D eigenvalue weighted by atomic mass is 10.2. The van der Waals surface area contributed by atoms with Gasteiger partial charge in [-0.2, -0.15) is 12.7 Å². The molecule has 0 bridgehead atoms. The Kier molecular flexibility index (Phi) is 3.63. The molecule has 1 fully saturated rings. The van der Waals surface area contributed by atoms with Crippen molar-refractivity contribution in [2.45, 2.75) is 6.42 Å². The maximum absolute atomic E-state index is 11.4. The molecule has 0 unspecified atom stereocenters. The Balaban J connectivity index is 1.81. The van der Waals surface area contributed by atoms with Gasteiger partial charge in [0.25, 0.3) is 10.2 Å². The fourth-order valence-corrected chi connectivity index (χ4v) is 2.72. The first kappa shape index (κ1) is 12.0. The van der Waals surface area contributed by atoms with Crippen LogP contribution >= 0.6 is 15.9 Å². The van der Waals surface area contributed by atoms with E-state index in [2.05, 4.69) is 20.7 Å². The first-order chi connectivity index (χ1) is 7.58. The molecule has 0 spiro atoms. The van der Waals surface area contributed by atoms with Gasteiger partial charge in [-0.05, 0) is 24.1 Å². The third kappa shape index (κ3) is 3.28. The average Bonchev–Trinajstić information content (AvgIpc) is 3.04. The van der Waals surface area contributed by atoms with Gasteiger partial charge >= 0.3 is 0 Å².